The number of esters is 1. The molecule has 8 heteroatoms. The van der Waals surface area contributed by atoms with Crippen molar-refractivity contribution in [1.29, 1.82) is 0 Å². The van der Waals surface area contributed by atoms with E-state index in [4.69, 9.17) is 4.74 Å². The molecule has 2 aromatic heterocycles. The average Bonchev–Trinajstić information content (AvgIpc) is 3.31. The number of amides is 1. The van der Waals surface area contributed by atoms with Crippen molar-refractivity contribution < 1.29 is 14.3 Å². The molecule has 0 saturated carbocycles. The van der Waals surface area contributed by atoms with Crippen molar-refractivity contribution in [2.24, 2.45) is 0 Å². The van der Waals surface area contributed by atoms with E-state index < -0.39 is 11.9 Å². The van der Waals surface area contributed by atoms with Gasteiger partial charge in [-0.15, -0.1) is 0 Å². The summed E-state index contributed by atoms with van der Waals surface area (Å²) in [7, 11) is 0. The summed E-state index contributed by atoms with van der Waals surface area (Å²) in [5.74, 6) is -0.428. The van der Waals surface area contributed by atoms with Crippen molar-refractivity contribution in [3.05, 3.63) is 60.6 Å². The molecule has 0 saturated heterocycles. The van der Waals surface area contributed by atoms with Gasteiger partial charge in [0.25, 0.3) is 5.91 Å². The van der Waals surface area contributed by atoms with E-state index in [0.29, 0.717) is 11.4 Å². The Bertz CT molecular complexity index is 882. The van der Waals surface area contributed by atoms with Crippen molar-refractivity contribution in [2.75, 3.05) is 11.9 Å². The molecule has 0 aliphatic heterocycles. The molecule has 3 rings (SSSR count). The molecule has 0 unspecified atom stereocenters. The number of carbonyl (C=O) groups excluding carboxylic acids is 2. The molecule has 0 spiro atoms. The summed E-state index contributed by atoms with van der Waals surface area (Å²) in [4.78, 5) is 24.1. The second-order valence-electron chi connectivity index (χ2n) is 5.88. The van der Waals surface area contributed by atoms with Gasteiger partial charge in [0.05, 0.1) is 17.4 Å². The second kappa shape index (κ2) is 7.64. The molecular formula is C18H19N5O3. The fourth-order valence-corrected chi connectivity index (χ4v) is 2.39. The van der Waals surface area contributed by atoms with Crippen LogP contribution in [0, 0.1) is 0 Å². The lowest BCUT2D eigenvalue weighted by Gasteiger charge is -2.12. The number of hydrogen-bond donors (Lipinski definition) is 1. The van der Waals surface area contributed by atoms with Crippen LogP contribution in [0.15, 0.2) is 55.0 Å². The van der Waals surface area contributed by atoms with Crippen molar-refractivity contribution in [3.8, 4) is 5.69 Å². The fourth-order valence-electron chi connectivity index (χ4n) is 2.39. The molecule has 1 aromatic carbocycles. The van der Waals surface area contributed by atoms with Gasteiger partial charge in [0.2, 0.25) is 0 Å². The Balaban J connectivity index is 1.55. The largest absolute Gasteiger partial charge is 0.452 e. The van der Waals surface area contributed by atoms with Crippen LogP contribution in [0.3, 0.4) is 0 Å². The molecule has 1 N–H and O–H groups in total. The number of nitrogens with zero attached hydrogens (tertiary/aromatic N) is 4. The van der Waals surface area contributed by atoms with E-state index in [-0.39, 0.29) is 12.6 Å². The molecular weight excluding hydrogens is 334 g/mol. The Morgan fingerprint density at radius 1 is 1.12 bits per heavy atom. The SMILES string of the molecule is CC(C)n1nccc1NC(=O)COC(=O)c1ccc(-n2cccn2)cc1. The summed E-state index contributed by atoms with van der Waals surface area (Å²) in [6.45, 7) is 3.54. The molecule has 134 valence electrons. The van der Waals surface area contributed by atoms with Gasteiger partial charge in [-0.2, -0.15) is 10.2 Å². The highest BCUT2D eigenvalue weighted by Gasteiger charge is 2.13. The third-order valence-corrected chi connectivity index (χ3v) is 3.63. The number of benzene rings is 1. The molecule has 0 aliphatic rings. The van der Waals surface area contributed by atoms with E-state index in [9.17, 15) is 9.59 Å². The van der Waals surface area contributed by atoms with Crippen molar-refractivity contribution in [1.82, 2.24) is 19.6 Å². The quantitative estimate of drug-likeness (QED) is 0.687. The van der Waals surface area contributed by atoms with Crippen LogP contribution >= 0.6 is 0 Å². The monoisotopic (exact) mass is 353 g/mol. The minimum absolute atomic E-state index is 0.108. The number of aromatic nitrogens is 4. The average molecular weight is 353 g/mol. The first kappa shape index (κ1) is 17.4. The summed E-state index contributed by atoms with van der Waals surface area (Å²) < 4.78 is 8.42. The lowest BCUT2D eigenvalue weighted by atomic mass is 10.2. The zero-order valence-corrected chi connectivity index (χ0v) is 14.5. The van der Waals surface area contributed by atoms with Crippen LogP contribution < -0.4 is 5.32 Å². The Hall–Kier alpha value is -3.42. The molecule has 8 nitrogen and oxygen atoms in total. The Labute approximate surface area is 150 Å². The number of nitrogens with one attached hydrogen (secondary N) is 1. The molecule has 0 fully saturated rings. The summed E-state index contributed by atoms with van der Waals surface area (Å²) in [5.41, 5.74) is 1.19. The number of anilines is 1. The maximum absolute atomic E-state index is 12.1. The number of carbonyl (C=O) groups is 2. The summed E-state index contributed by atoms with van der Waals surface area (Å²) in [6, 6.07) is 10.4. The van der Waals surface area contributed by atoms with E-state index in [1.165, 1.54) is 0 Å². The van der Waals surface area contributed by atoms with Gasteiger partial charge in [-0.1, -0.05) is 0 Å². The van der Waals surface area contributed by atoms with Gasteiger partial charge in [0.15, 0.2) is 6.61 Å². The van der Waals surface area contributed by atoms with Crippen LogP contribution in [0.25, 0.3) is 5.69 Å². The predicted molar refractivity (Wildman–Crippen MR) is 95.1 cm³/mol. The van der Waals surface area contributed by atoms with Gasteiger partial charge >= 0.3 is 5.97 Å². The van der Waals surface area contributed by atoms with Crippen molar-refractivity contribution in [3.63, 3.8) is 0 Å². The molecule has 0 aliphatic carbocycles. The highest BCUT2D eigenvalue weighted by molar-refractivity contribution is 5.95. The number of hydrogen-bond acceptors (Lipinski definition) is 5. The number of ether oxygens (including phenoxy) is 1. The third kappa shape index (κ3) is 3.97. The molecule has 0 radical (unpaired) electrons. The van der Waals surface area contributed by atoms with Gasteiger partial charge in [-0.25, -0.2) is 14.2 Å². The maximum Gasteiger partial charge on any atom is 0.338 e. The molecule has 0 atom stereocenters. The highest BCUT2D eigenvalue weighted by atomic mass is 16.5. The van der Waals surface area contributed by atoms with Gasteiger partial charge in [-0.05, 0) is 44.2 Å². The molecule has 1 amide bonds. The fraction of sp³-hybridized carbons (Fsp3) is 0.222. The predicted octanol–water partition coefficient (Wildman–Crippen LogP) is 2.45. The van der Waals surface area contributed by atoms with Gasteiger partial charge in [-0.3, -0.25) is 4.79 Å². The molecule has 26 heavy (non-hydrogen) atoms. The second-order valence-corrected chi connectivity index (χ2v) is 5.88. The maximum atomic E-state index is 12.1. The van der Waals surface area contributed by atoms with Crippen LogP contribution in [0.2, 0.25) is 0 Å². The molecule has 3 aromatic rings. The van der Waals surface area contributed by atoms with Crippen LogP contribution in [0.4, 0.5) is 5.82 Å². The van der Waals surface area contributed by atoms with Gasteiger partial charge in [0.1, 0.15) is 5.82 Å². The van der Waals surface area contributed by atoms with Crippen LogP contribution in [0.1, 0.15) is 30.2 Å². The topological polar surface area (TPSA) is 91.0 Å². The van der Waals surface area contributed by atoms with E-state index in [0.717, 1.165) is 5.69 Å². The lowest BCUT2D eigenvalue weighted by Crippen LogP contribution is -2.23. The third-order valence-electron chi connectivity index (χ3n) is 3.63. The van der Waals surface area contributed by atoms with Crippen LogP contribution in [-0.4, -0.2) is 38.0 Å². The summed E-state index contributed by atoms with van der Waals surface area (Å²) in [6.07, 6.45) is 5.08. The van der Waals surface area contributed by atoms with Gasteiger partial charge in [0, 0.05) is 24.5 Å². The summed E-state index contributed by atoms with van der Waals surface area (Å²) >= 11 is 0. The van der Waals surface area contributed by atoms with Crippen LogP contribution in [0.5, 0.6) is 0 Å². The smallest absolute Gasteiger partial charge is 0.338 e. The van der Waals surface area contributed by atoms with Crippen LogP contribution in [-0.2, 0) is 9.53 Å². The summed E-state index contributed by atoms with van der Waals surface area (Å²) in [5, 5.41) is 10.9. The standard InChI is InChI=1S/C18H19N5O3/c1-13(2)23-16(8-10-20-23)21-17(24)12-26-18(25)14-4-6-15(7-5-14)22-11-3-9-19-22/h3-11,13H,12H2,1-2H3,(H,21,24). The molecule has 0 bridgehead atoms. The zero-order chi connectivity index (χ0) is 18.5. The first-order valence-electron chi connectivity index (χ1n) is 8.15. The Morgan fingerprint density at radius 3 is 2.54 bits per heavy atom. The first-order chi connectivity index (χ1) is 12.5. The first-order valence-corrected chi connectivity index (χ1v) is 8.15. The molecule has 2 heterocycles. The minimum Gasteiger partial charge on any atom is -0.452 e. The lowest BCUT2D eigenvalue weighted by molar-refractivity contribution is -0.119. The highest BCUT2D eigenvalue weighted by Crippen LogP contribution is 2.13. The Kier molecular flexibility index (Phi) is 5.12. The van der Waals surface area contributed by atoms with E-state index in [2.05, 4.69) is 15.5 Å². The van der Waals surface area contributed by atoms with E-state index >= 15 is 0 Å². The minimum atomic E-state index is -0.565. The van der Waals surface area contributed by atoms with Gasteiger partial charge < -0.3 is 10.1 Å². The zero-order valence-electron chi connectivity index (χ0n) is 14.5. The normalized spacial score (nSPS) is 10.7. The Morgan fingerprint density at radius 2 is 1.88 bits per heavy atom. The van der Waals surface area contributed by atoms with E-state index in [1.54, 1.807) is 58.3 Å². The van der Waals surface area contributed by atoms with E-state index in [1.807, 2.05) is 19.9 Å². The van der Waals surface area contributed by atoms with Crippen molar-refractivity contribution >= 4 is 17.7 Å². The number of rotatable bonds is 6. The van der Waals surface area contributed by atoms with Crippen molar-refractivity contribution in [2.45, 2.75) is 19.9 Å².